The van der Waals surface area contributed by atoms with Crippen LogP contribution >= 0.6 is 24.0 Å². The van der Waals surface area contributed by atoms with Crippen LogP contribution in [-0.2, 0) is 9.53 Å². The summed E-state index contributed by atoms with van der Waals surface area (Å²) >= 11 is 0. The number of amides is 1. The maximum absolute atomic E-state index is 11.7. The Balaban J connectivity index is 0.00000288. The van der Waals surface area contributed by atoms with Crippen molar-refractivity contribution >= 4 is 35.8 Å². The number of carbonyl (C=O) groups is 1. The molecule has 1 fully saturated rings. The van der Waals surface area contributed by atoms with E-state index in [1.807, 2.05) is 0 Å². The van der Waals surface area contributed by atoms with Crippen molar-refractivity contribution in [2.75, 3.05) is 60.0 Å². The molecule has 0 unspecified atom stereocenters. The molecular weight excluding hydrogens is 421 g/mol. The lowest BCUT2D eigenvalue weighted by atomic mass is 10.2. The van der Waals surface area contributed by atoms with E-state index in [4.69, 9.17) is 4.74 Å². The molecule has 24 heavy (non-hydrogen) atoms. The molecule has 1 heterocycles. The van der Waals surface area contributed by atoms with E-state index in [2.05, 4.69) is 32.7 Å². The Labute approximate surface area is 161 Å². The molecule has 0 aromatic rings. The lowest BCUT2D eigenvalue weighted by Gasteiger charge is -2.27. The molecule has 0 aromatic heterocycles. The SMILES string of the molecule is CN(C)C(=O)CN=C(NCCN1CCOCC1)NC1CC=CC1.I. The second-order valence-electron chi connectivity index (χ2n) is 6.12. The predicted octanol–water partition coefficient (Wildman–Crippen LogP) is 0.279. The minimum Gasteiger partial charge on any atom is -0.379 e. The van der Waals surface area contributed by atoms with E-state index >= 15 is 0 Å². The molecule has 1 saturated heterocycles. The van der Waals surface area contributed by atoms with Gasteiger partial charge in [-0.25, -0.2) is 4.99 Å². The third-order valence-corrected chi connectivity index (χ3v) is 4.04. The monoisotopic (exact) mass is 451 g/mol. The van der Waals surface area contributed by atoms with Gasteiger partial charge in [0.25, 0.3) is 0 Å². The molecule has 1 amide bonds. The van der Waals surface area contributed by atoms with Crippen LogP contribution in [0.5, 0.6) is 0 Å². The van der Waals surface area contributed by atoms with E-state index in [9.17, 15) is 4.79 Å². The first-order valence-corrected chi connectivity index (χ1v) is 8.35. The summed E-state index contributed by atoms with van der Waals surface area (Å²) in [5, 5.41) is 6.76. The summed E-state index contributed by atoms with van der Waals surface area (Å²) in [6.07, 6.45) is 6.36. The normalized spacial score (nSPS) is 19.0. The summed E-state index contributed by atoms with van der Waals surface area (Å²) in [5.74, 6) is 0.728. The summed E-state index contributed by atoms with van der Waals surface area (Å²) in [5.41, 5.74) is 0. The van der Waals surface area contributed by atoms with E-state index in [1.165, 1.54) is 0 Å². The standard InChI is InChI=1S/C16H29N5O2.HI/c1-20(2)15(22)13-18-16(19-14-5-3-4-6-14)17-7-8-21-9-11-23-12-10-21;/h3-4,14H,5-13H2,1-2H3,(H2,17,18,19);1H. The Hall–Kier alpha value is -0.870. The molecule has 2 aliphatic rings. The number of rotatable bonds is 6. The van der Waals surface area contributed by atoms with Crippen LogP contribution in [0.2, 0.25) is 0 Å². The summed E-state index contributed by atoms with van der Waals surface area (Å²) in [7, 11) is 3.50. The van der Waals surface area contributed by atoms with Crippen LogP contribution in [0.3, 0.4) is 0 Å². The lowest BCUT2D eigenvalue weighted by Crippen LogP contribution is -2.47. The van der Waals surface area contributed by atoms with Crippen LogP contribution in [0.1, 0.15) is 12.8 Å². The highest BCUT2D eigenvalue weighted by molar-refractivity contribution is 14.0. The molecule has 0 atom stereocenters. The van der Waals surface area contributed by atoms with Gasteiger partial charge in [0.1, 0.15) is 6.54 Å². The largest absolute Gasteiger partial charge is 0.379 e. The molecule has 1 aliphatic carbocycles. The molecule has 0 spiro atoms. The maximum Gasteiger partial charge on any atom is 0.243 e. The molecule has 2 rings (SSSR count). The van der Waals surface area contributed by atoms with Gasteiger partial charge in [-0.15, -0.1) is 24.0 Å². The summed E-state index contributed by atoms with van der Waals surface area (Å²) in [4.78, 5) is 20.1. The third kappa shape index (κ3) is 7.80. The van der Waals surface area contributed by atoms with Gasteiger partial charge in [0.2, 0.25) is 5.91 Å². The van der Waals surface area contributed by atoms with Gasteiger partial charge >= 0.3 is 0 Å². The minimum atomic E-state index is 0. The fourth-order valence-corrected chi connectivity index (χ4v) is 2.53. The number of guanidine groups is 1. The van der Waals surface area contributed by atoms with Crippen LogP contribution in [0.15, 0.2) is 17.1 Å². The van der Waals surface area contributed by atoms with E-state index in [0.29, 0.717) is 6.04 Å². The van der Waals surface area contributed by atoms with Crippen molar-refractivity contribution in [2.45, 2.75) is 18.9 Å². The number of aliphatic imine (C=N–C) groups is 1. The molecule has 0 radical (unpaired) electrons. The van der Waals surface area contributed by atoms with Gasteiger partial charge in [-0.1, -0.05) is 12.2 Å². The maximum atomic E-state index is 11.7. The van der Waals surface area contributed by atoms with Gasteiger partial charge in [0.15, 0.2) is 5.96 Å². The fourth-order valence-electron chi connectivity index (χ4n) is 2.53. The van der Waals surface area contributed by atoms with E-state index in [1.54, 1.807) is 19.0 Å². The third-order valence-electron chi connectivity index (χ3n) is 4.04. The predicted molar refractivity (Wildman–Crippen MR) is 107 cm³/mol. The van der Waals surface area contributed by atoms with Crippen molar-refractivity contribution in [3.8, 4) is 0 Å². The van der Waals surface area contributed by atoms with Crippen molar-refractivity contribution in [3.05, 3.63) is 12.2 Å². The topological polar surface area (TPSA) is 69.2 Å². The number of nitrogens with zero attached hydrogens (tertiary/aromatic N) is 3. The number of hydrogen-bond donors (Lipinski definition) is 2. The Morgan fingerprint density at radius 2 is 1.96 bits per heavy atom. The zero-order valence-electron chi connectivity index (χ0n) is 14.7. The Bertz CT molecular complexity index is 428. The van der Waals surface area contributed by atoms with Crippen molar-refractivity contribution < 1.29 is 9.53 Å². The number of hydrogen-bond acceptors (Lipinski definition) is 4. The van der Waals surface area contributed by atoms with Gasteiger partial charge in [-0.3, -0.25) is 9.69 Å². The van der Waals surface area contributed by atoms with Gasteiger partial charge in [0.05, 0.1) is 13.2 Å². The smallest absolute Gasteiger partial charge is 0.243 e. The summed E-state index contributed by atoms with van der Waals surface area (Å²) in [6, 6.07) is 0.374. The highest BCUT2D eigenvalue weighted by atomic mass is 127. The molecule has 138 valence electrons. The lowest BCUT2D eigenvalue weighted by molar-refractivity contribution is -0.127. The zero-order valence-corrected chi connectivity index (χ0v) is 17.0. The van der Waals surface area contributed by atoms with Crippen LogP contribution in [0.4, 0.5) is 0 Å². The molecule has 1 aliphatic heterocycles. The summed E-state index contributed by atoms with van der Waals surface area (Å²) < 4.78 is 5.36. The van der Waals surface area contributed by atoms with Crippen molar-refractivity contribution in [1.29, 1.82) is 0 Å². The highest BCUT2D eigenvalue weighted by Crippen LogP contribution is 2.08. The first-order valence-electron chi connectivity index (χ1n) is 8.35. The van der Waals surface area contributed by atoms with Crippen molar-refractivity contribution in [2.24, 2.45) is 4.99 Å². The van der Waals surface area contributed by atoms with E-state index in [-0.39, 0.29) is 36.4 Å². The summed E-state index contributed by atoms with van der Waals surface area (Å²) in [6.45, 7) is 5.51. The minimum absolute atomic E-state index is 0. The van der Waals surface area contributed by atoms with E-state index < -0.39 is 0 Å². The van der Waals surface area contributed by atoms with Crippen LogP contribution in [0, 0.1) is 0 Å². The highest BCUT2D eigenvalue weighted by Gasteiger charge is 2.14. The fraction of sp³-hybridized carbons (Fsp3) is 0.750. The molecule has 2 N–H and O–H groups in total. The van der Waals surface area contributed by atoms with Gasteiger partial charge in [0, 0.05) is 46.3 Å². The first kappa shape index (κ1) is 21.2. The van der Waals surface area contributed by atoms with Crippen LogP contribution < -0.4 is 10.6 Å². The van der Waals surface area contributed by atoms with Crippen LogP contribution in [-0.4, -0.2) is 87.7 Å². The number of nitrogens with one attached hydrogen (secondary N) is 2. The van der Waals surface area contributed by atoms with Crippen molar-refractivity contribution in [1.82, 2.24) is 20.4 Å². The number of ether oxygens (including phenoxy) is 1. The van der Waals surface area contributed by atoms with Crippen LogP contribution in [0.25, 0.3) is 0 Å². The average molecular weight is 451 g/mol. The number of halogens is 1. The average Bonchev–Trinajstić information content (AvgIpc) is 3.06. The van der Waals surface area contributed by atoms with E-state index in [0.717, 1.165) is 58.2 Å². The van der Waals surface area contributed by atoms with Gasteiger partial charge in [-0.05, 0) is 12.8 Å². The molecule has 7 nitrogen and oxygen atoms in total. The van der Waals surface area contributed by atoms with Crippen molar-refractivity contribution in [3.63, 3.8) is 0 Å². The van der Waals surface area contributed by atoms with Gasteiger partial charge < -0.3 is 20.3 Å². The Morgan fingerprint density at radius 1 is 1.29 bits per heavy atom. The zero-order chi connectivity index (χ0) is 16.5. The molecule has 8 heteroatoms. The van der Waals surface area contributed by atoms with Gasteiger partial charge in [-0.2, -0.15) is 0 Å². The molecule has 0 aromatic carbocycles. The second-order valence-corrected chi connectivity index (χ2v) is 6.12. The molecule has 0 saturated carbocycles. The number of carbonyl (C=O) groups excluding carboxylic acids is 1. The molecule has 0 bridgehead atoms. The second kappa shape index (κ2) is 11.6. The Kier molecular flexibility index (Phi) is 10.3. The number of morpholine rings is 1. The Morgan fingerprint density at radius 3 is 2.58 bits per heavy atom. The quantitative estimate of drug-likeness (QED) is 0.263. The molecular formula is C16H30IN5O2. The number of likely N-dealkylation sites (N-methyl/N-ethyl adjacent to an activating group) is 1. The first-order chi connectivity index (χ1) is 11.1.